The molecule has 1 N–H and O–H groups in total. The number of rotatable bonds is 6. The van der Waals surface area contributed by atoms with E-state index >= 15 is 0 Å². The van der Waals surface area contributed by atoms with Gasteiger partial charge in [-0.25, -0.2) is 0 Å². The molecule has 0 bridgehead atoms. The first kappa shape index (κ1) is 15.1. The number of carbonyl (C=O) groups is 1. The molecule has 1 aromatic carbocycles. The van der Waals surface area contributed by atoms with Gasteiger partial charge in [-0.1, -0.05) is 6.07 Å². The Morgan fingerprint density at radius 3 is 2.86 bits per heavy atom. The van der Waals surface area contributed by atoms with Gasteiger partial charge in [0.25, 0.3) is 0 Å². The first-order chi connectivity index (χ1) is 10.8. The van der Waals surface area contributed by atoms with E-state index in [1.54, 1.807) is 0 Å². The van der Waals surface area contributed by atoms with E-state index in [1.807, 2.05) is 18.2 Å². The Kier molecular flexibility index (Phi) is 5.13. The van der Waals surface area contributed by atoms with Crippen LogP contribution in [0.1, 0.15) is 12.0 Å². The number of hydrogen-bond donors (Lipinski definition) is 1. The number of benzene rings is 1. The Bertz CT molecular complexity index is 515. The van der Waals surface area contributed by atoms with Crippen LogP contribution in [0.4, 0.5) is 0 Å². The minimum absolute atomic E-state index is 0.0888. The van der Waals surface area contributed by atoms with Gasteiger partial charge in [-0.2, -0.15) is 0 Å². The molecular weight excluding hydrogens is 284 g/mol. The Balaban J connectivity index is 1.35. The maximum atomic E-state index is 11.9. The van der Waals surface area contributed by atoms with Crippen molar-refractivity contribution in [3.8, 4) is 11.5 Å². The fraction of sp³-hybridized carbons (Fsp3) is 0.562. The van der Waals surface area contributed by atoms with Gasteiger partial charge in [-0.3, -0.25) is 9.69 Å². The summed E-state index contributed by atoms with van der Waals surface area (Å²) in [5.41, 5.74) is 1.09. The summed E-state index contributed by atoms with van der Waals surface area (Å²) in [6.45, 7) is 5.34. The molecule has 120 valence electrons. The second-order valence-electron chi connectivity index (χ2n) is 5.49. The minimum atomic E-state index is 0.0888. The van der Waals surface area contributed by atoms with Crippen molar-refractivity contribution in [2.24, 2.45) is 0 Å². The molecular formula is C16H22N2O4. The normalized spacial score (nSPS) is 17.5. The van der Waals surface area contributed by atoms with Crippen molar-refractivity contribution in [2.75, 3.05) is 46.2 Å². The van der Waals surface area contributed by atoms with Gasteiger partial charge in [-0.15, -0.1) is 0 Å². The van der Waals surface area contributed by atoms with Crippen LogP contribution < -0.4 is 14.8 Å². The van der Waals surface area contributed by atoms with Crippen LogP contribution in [0.2, 0.25) is 0 Å². The molecule has 0 unspecified atom stereocenters. The van der Waals surface area contributed by atoms with Crippen LogP contribution in [0.25, 0.3) is 0 Å². The van der Waals surface area contributed by atoms with Crippen LogP contribution in [0.5, 0.6) is 11.5 Å². The lowest BCUT2D eigenvalue weighted by Gasteiger charge is -2.26. The Labute approximate surface area is 130 Å². The molecule has 1 amide bonds. The molecule has 0 spiro atoms. The number of nitrogens with zero attached hydrogens (tertiary/aromatic N) is 1. The zero-order chi connectivity index (χ0) is 15.2. The molecule has 1 aromatic rings. The molecule has 2 aliphatic heterocycles. The van der Waals surface area contributed by atoms with Crippen molar-refractivity contribution in [1.29, 1.82) is 0 Å². The predicted molar refractivity (Wildman–Crippen MR) is 81.2 cm³/mol. The summed E-state index contributed by atoms with van der Waals surface area (Å²) in [5, 5.41) is 2.98. The van der Waals surface area contributed by atoms with E-state index in [0.29, 0.717) is 19.4 Å². The van der Waals surface area contributed by atoms with Gasteiger partial charge in [0, 0.05) is 32.6 Å². The van der Waals surface area contributed by atoms with Gasteiger partial charge in [0.05, 0.1) is 13.2 Å². The second-order valence-corrected chi connectivity index (χ2v) is 5.49. The summed E-state index contributed by atoms with van der Waals surface area (Å²) in [6, 6.07) is 5.83. The quantitative estimate of drug-likeness (QED) is 0.842. The summed E-state index contributed by atoms with van der Waals surface area (Å²) in [6.07, 6.45) is 1.20. The molecule has 6 nitrogen and oxygen atoms in total. The molecule has 0 aromatic heterocycles. The number of hydrogen-bond acceptors (Lipinski definition) is 5. The van der Waals surface area contributed by atoms with Gasteiger partial charge >= 0.3 is 0 Å². The molecule has 3 rings (SSSR count). The van der Waals surface area contributed by atoms with E-state index in [0.717, 1.165) is 49.9 Å². The lowest BCUT2D eigenvalue weighted by Crippen LogP contribution is -2.41. The van der Waals surface area contributed by atoms with E-state index in [4.69, 9.17) is 14.2 Å². The van der Waals surface area contributed by atoms with Crippen molar-refractivity contribution < 1.29 is 19.0 Å². The van der Waals surface area contributed by atoms with Crippen molar-refractivity contribution in [2.45, 2.75) is 12.8 Å². The highest BCUT2D eigenvalue weighted by Gasteiger charge is 2.14. The van der Waals surface area contributed by atoms with E-state index in [1.165, 1.54) is 0 Å². The summed E-state index contributed by atoms with van der Waals surface area (Å²) >= 11 is 0. The molecule has 6 heteroatoms. The number of morpholine rings is 1. The van der Waals surface area contributed by atoms with Gasteiger partial charge in [0.15, 0.2) is 11.5 Å². The largest absolute Gasteiger partial charge is 0.454 e. The van der Waals surface area contributed by atoms with Crippen molar-refractivity contribution >= 4 is 5.91 Å². The summed E-state index contributed by atoms with van der Waals surface area (Å²) in [7, 11) is 0. The summed E-state index contributed by atoms with van der Waals surface area (Å²) in [5.74, 6) is 1.63. The number of carbonyl (C=O) groups excluding carboxylic acids is 1. The number of nitrogens with one attached hydrogen (secondary N) is 1. The van der Waals surface area contributed by atoms with Gasteiger partial charge in [-0.05, 0) is 24.1 Å². The van der Waals surface area contributed by atoms with E-state index in [2.05, 4.69) is 10.2 Å². The highest BCUT2D eigenvalue weighted by atomic mass is 16.7. The average molecular weight is 306 g/mol. The summed E-state index contributed by atoms with van der Waals surface area (Å²) in [4.78, 5) is 14.2. The van der Waals surface area contributed by atoms with Crippen LogP contribution in [0, 0.1) is 0 Å². The molecule has 1 saturated heterocycles. The number of ether oxygens (including phenoxy) is 3. The number of fused-ring (bicyclic) bond motifs is 1. The SMILES string of the molecule is O=C(CCc1ccc2c(c1)OCO2)NCCN1CCOCC1. The lowest BCUT2D eigenvalue weighted by atomic mass is 10.1. The Hall–Kier alpha value is -1.79. The molecule has 2 aliphatic rings. The van der Waals surface area contributed by atoms with Crippen molar-refractivity contribution in [3.63, 3.8) is 0 Å². The summed E-state index contributed by atoms with van der Waals surface area (Å²) < 4.78 is 15.9. The highest BCUT2D eigenvalue weighted by molar-refractivity contribution is 5.76. The Morgan fingerprint density at radius 1 is 1.18 bits per heavy atom. The standard InChI is InChI=1S/C16H22N2O4/c19-16(17-5-6-18-7-9-20-10-8-18)4-2-13-1-3-14-15(11-13)22-12-21-14/h1,3,11H,2,4-10,12H2,(H,17,19). The van der Waals surface area contributed by atoms with E-state index in [-0.39, 0.29) is 12.7 Å². The first-order valence-corrected chi connectivity index (χ1v) is 7.76. The smallest absolute Gasteiger partial charge is 0.231 e. The van der Waals surface area contributed by atoms with Crippen molar-refractivity contribution in [3.05, 3.63) is 23.8 Å². The predicted octanol–water partition coefficient (Wildman–Crippen LogP) is 0.796. The molecule has 0 aliphatic carbocycles. The zero-order valence-corrected chi connectivity index (χ0v) is 12.7. The maximum Gasteiger partial charge on any atom is 0.231 e. The number of amides is 1. The molecule has 22 heavy (non-hydrogen) atoms. The molecule has 1 fully saturated rings. The zero-order valence-electron chi connectivity index (χ0n) is 12.7. The topological polar surface area (TPSA) is 60.0 Å². The molecule has 2 heterocycles. The van der Waals surface area contributed by atoms with Crippen LogP contribution in [0.15, 0.2) is 18.2 Å². The van der Waals surface area contributed by atoms with Crippen molar-refractivity contribution in [1.82, 2.24) is 10.2 Å². The third-order valence-corrected chi connectivity index (χ3v) is 3.93. The Morgan fingerprint density at radius 2 is 2.00 bits per heavy atom. The highest BCUT2D eigenvalue weighted by Crippen LogP contribution is 2.32. The first-order valence-electron chi connectivity index (χ1n) is 7.76. The van der Waals surface area contributed by atoms with Crippen LogP contribution in [-0.4, -0.2) is 57.0 Å². The lowest BCUT2D eigenvalue weighted by molar-refractivity contribution is -0.121. The molecule has 0 saturated carbocycles. The monoisotopic (exact) mass is 306 g/mol. The third-order valence-electron chi connectivity index (χ3n) is 3.93. The molecule has 0 radical (unpaired) electrons. The van der Waals surface area contributed by atoms with E-state index in [9.17, 15) is 4.79 Å². The van der Waals surface area contributed by atoms with Crippen LogP contribution in [0.3, 0.4) is 0 Å². The van der Waals surface area contributed by atoms with Crippen LogP contribution in [-0.2, 0) is 16.0 Å². The van der Waals surface area contributed by atoms with Gasteiger partial charge < -0.3 is 19.5 Å². The van der Waals surface area contributed by atoms with Crippen LogP contribution >= 0.6 is 0 Å². The maximum absolute atomic E-state index is 11.9. The third kappa shape index (κ3) is 4.11. The number of aryl methyl sites for hydroxylation is 1. The second kappa shape index (κ2) is 7.47. The fourth-order valence-corrected chi connectivity index (χ4v) is 2.62. The minimum Gasteiger partial charge on any atom is -0.454 e. The average Bonchev–Trinajstić information content (AvgIpc) is 3.01. The molecule has 0 atom stereocenters. The van der Waals surface area contributed by atoms with Gasteiger partial charge in [0.1, 0.15) is 0 Å². The van der Waals surface area contributed by atoms with Gasteiger partial charge in [0.2, 0.25) is 12.7 Å². The van der Waals surface area contributed by atoms with E-state index < -0.39 is 0 Å². The fourth-order valence-electron chi connectivity index (χ4n) is 2.62.